The number of phenols is 1. The molecule has 0 saturated heterocycles. The number of rotatable bonds is 2. The number of carboxylic acid groups (broad SMARTS) is 1. The molecule has 0 radical (unpaired) electrons. The Labute approximate surface area is 130 Å². The number of carbonyl (C=O) groups is 1. The largest absolute Gasteiger partial charge is 0.508 e. The Bertz CT molecular complexity index is 976. The minimum absolute atomic E-state index is 0.0234. The van der Waals surface area contributed by atoms with Crippen molar-refractivity contribution in [2.24, 2.45) is 0 Å². The molecule has 4 rings (SSSR count). The molecule has 6 heteroatoms. The van der Waals surface area contributed by atoms with Gasteiger partial charge in [-0.1, -0.05) is 6.07 Å². The highest BCUT2D eigenvalue weighted by atomic mass is 16.7. The van der Waals surface area contributed by atoms with Crippen LogP contribution in [0.15, 0.2) is 30.3 Å². The van der Waals surface area contributed by atoms with Crippen LogP contribution in [0.1, 0.15) is 10.4 Å². The van der Waals surface area contributed by atoms with Gasteiger partial charge in [0, 0.05) is 27.6 Å². The van der Waals surface area contributed by atoms with Gasteiger partial charge in [0.15, 0.2) is 11.5 Å². The van der Waals surface area contributed by atoms with Crippen LogP contribution in [0.5, 0.6) is 23.0 Å². The van der Waals surface area contributed by atoms with Crippen molar-refractivity contribution in [1.29, 1.82) is 0 Å². The highest BCUT2D eigenvalue weighted by Gasteiger charge is 2.24. The highest BCUT2D eigenvalue weighted by Crippen LogP contribution is 2.46. The fraction of sp³-hybridized carbons (Fsp3) is 0.118. The van der Waals surface area contributed by atoms with Crippen LogP contribution in [-0.2, 0) is 0 Å². The average molecular weight is 312 g/mol. The summed E-state index contributed by atoms with van der Waals surface area (Å²) in [5, 5.41) is 21.9. The summed E-state index contributed by atoms with van der Waals surface area (Å²) in [4.78, 5) is 11.6. The summed E-state index contributed by atoms with van der Waals surface area (Å²) in [7, 11) is 1.51. The van der Waals surface area contributed by atoms with Crippen LogP contribution in [0, 0.1) is 0 Å². The van der Waals surface area contributed by atoms with Gasteiger partial charge < -0.3 is 24.4 Å². The van der Waals surface area contributed by atoms with E-state index < -0.39 is 5.97 Å². The molecule has 116 valence electrons. The van der Waals surface area contributed by atoms with E-state index in [0.29, 0.717) is 33.4 Å². The van der Waals surface area contributed by atoms with Gasteiger partial charge in [-0.25, -0.2) is 4.79 Å². The Balaban J connectivity index is 2.26. The maximum absolute atomic E-state index is 11.6. The van der Waals surface area contributed by atoms with E-state index in [-0.39, 0.29) is 18.1 Å². The Morgan fingerprint density at radius 1 is 1.13 bits per heavy atom. The molecular weight excluding hydrogens is 300 g/mol. The lowest BCUT2D eigenvalue weighted by Crippen LogP contribution is -1.98. The van der Waals surface area contributed by atoms with Gasteiger partial charge in [-0.15, -0.1) is 0 Å². The van der Waals surface area contributed by atoms with Gasteiger partial charge in [0.2, 0.25) is 6.79 Å². The molecule has 1 aliphatic heterocycles. The summed E-state index contributed by atoms with van der Waals surface area (Å²) in [5.74, 6) is 0.318. The predicted octanol–water partition coefficient (Wildman–Crippen LogP) is 3.13. The fourth-order valence-electron chi connectivity index (χ4n) is 3.00. The summed E-state index contributed by atoms with van der Waals surface area (Å²) in [6.45, 7) is 0.0276. The molecule has 6 nitrogen and oxygen atoms in total. The topological polar surface area (TPSA) is 85.2 Å². The van der Waals surface area contributed by atoms with Crippen LogP contribution in [-0.4, -0.2) is 30.1 Å². The normalized spacial score (nSPS) is 12.7. The average Bonchev–Trinajstić information content (AvgIpc) is 3.00. The summed E-state index contributed by atoms with van der Waals surface area (Å²) >= 11 is 0. The third-order valence-corrected chi connectivity index (χ3v) is 3.97. The predicted molar refractivity (Wildman–Crippen MR) is 82.8 cm³/mol. The molecule has 0 atom stereocenters. The molecule has 3 aromatic rings. The first kappa shape index (κ1) is 13.5. The van der Waals surface area contributed by atoms with Crippen molar-refractivity contribution in [3.8, 4) is 23.0 Å². The Hall–Kier alpha value is -3.15. The molecule has 2 N–H and O–H groups in total. The van der Waals surface area contributed by atoms with E-state index in [2.05, 4.69) is 0 Å². The first-order valence-electron chi connectivity index (χ1n) is 6.89. The molecule has 0 fully saturated rings. The van der Waals surface area contributed by atoms with Crippen molar-refractivity contribution in [3.63, 3.8) is 0 Å². The SMILES string of the molecule is COc1cc(O)cc2c1ccc1c(C(=O)O)cc3c(c12)OCO3. The van der Waals surface area contributed by atoms with Crippen molar-refractivity contribution in [2.45, 2.75) is 0 Å². The van der Waals surface area contributed by atoms with Gasteiger partial charge in [0.25, 0.3) is 0 Å². The number of ether oxygens (including phenoxy) is 3. The Morgan fingerprint density at radius 2 is 1.91 bits per heavy atom. The van der Waals surface area contributed by atoms with E-state index in [9.17, 15) is 15.0 Å². The molecule has 0 aliphatic carbocycles. The molecule has 23 heavy (non-hydrogen) atoms. The monoisotopic (exact) mass is 312 g/mol. The molecule has 1 aliphatic rings. The number of hydrogen-bond acceptors (Lipinski definition) is 5. The second kappa shape index (κ2) is 4.67. The highest BCUT2D eigenvalue weighted by molar-refractivity contribution is 6.18. The third kappa shape index (κ3) is 1.85. The van der Waals surface area contributed by atoms with Gasteiger partial charge in [-0.3, -0.25) is 0 Å². The van der Waals surface area contributed by atoms with Crippen molar-refractivity contribution >= 4 is 27.5 Å². The molecule has 1 heterocycles. The number of methoxy groups -OCH3 is 1. The van der Waals surface area contributed by atoms with Crippen LogP contribution in [0.2, 0.25) is 0 Å². The van der Waals surface area contributed by atoms with Crippen molar-refractivity contribution < 1.29 is 29.2 Å². The lowest BCUT2D eigenvalue weighted by molar-refractivity contribution is 0.0698. The number of benzene rings is 3. The quantitative estimate of drug-likeness (QED) is 0.707. The molecular formula is C17H12O6. The van der Waals surface area contributed by atoms with E-state index in [4.69, 9.17) is 14.2 Å². The van der Waals surface area contributed by atoms with Crippen molar-refractivity contribution in [2.75, 3.05) is 13.9 Å². The summed E-state index contributed by atoms with van der Waals surface area (Å²) in [5.41, 5.74) is 0.119. The zero-order valence-electron chi connectivity index (χ0n) is 12.1. The van der Waals surface area contributed by atoms with E-state index in [1.807, 2.05) is 0 Å². The van der Waals surface area contributed by atoms with Gasteiger partial charge >= 0.3 is 5.97 Å². The summed E-state index contributed by atoms with van der Waals surface area (Å²) in [6.07, 6.45) is 0. The minimum atomic E-state index is -1.06. The van der Waals surface area contributed by atoms with Crippen LogP contribution < -0.4 is 14.2 Å². The van der Waals surface area contributed by atoms with Crippen LogP contribution in [0.3, 0.4) is 0 Å². The van der Waals surface area contributed by atoms with E-state index in [1.54, 1.807) is 18.2 Å². The number of aromatic hydroxyl groups is 1. The zero-order valence-corrected chi connectivity index (χ0v) is 12.1. The summed E-state index contributed by atoms with van der Waals surface area (Å²) < 4.78 is 16.2. The maximum Gasteiger partial charge on any atom is 0.336 e. The molecule has 3 aromatic carbocycles. The lowest BCUT2D eigenvalue weighted by Gasteiger charge is -2.12. The fourth-order valence-corrected chi connectivity index (χ4v) is 3.00. The Kier molecular flexibility index (Phi) is 2.74. The van der Waals surface area contributed by atoms with Gasteiger partial charge in [-0.05, 0) is 18.2 Å². The van der Waals surface area contributed by atoms with Gasteiger partial charge in [-0.2, -0.15) is 0 Å². The zero-order chi connectivity index (χ0) is 16.1. The van der Waals surface area contributed by atoms with E-state index >= 15 is 0 Å². The molecule has 0 amide bonds. The Morgan fingerprint density at radius 3 is 2.65 bits per heavy atom. The second-order valence-corrected chi connectivity index (χ2v) is 5.19. The maximum atomic E-state index is 11.6. The molecule has 0 bridgehead atoms. The molecule has 0 aromatic heterocycles. The van der Waals surface area contributed by atoms with E-state index in [0.717, 1.165) is 5.39 Å². The van der Waals surface area contributed by atoms with Gasteiger partial charge in [0.1, 0.15) is 11.5 Å². The van der Waals surface area contributed by atoms with Crippen molar-refractivity contribution in [3.05, 3.63) is 35.9 Å². The van der Waals surface area contributed by atoms with Crippen LogP contribution in [0.25, 0.3) is 21.5 Å². The molecule has 0 saturated carbocycles. The number of carboxylic acids is 1. The molecule has 0 unspecified atom stereocenters. The van der Waals surface area contributed by atoms with Crippen molar-refractivity contribution in [1.82, 2.24) is 0 Å². The number of phenolic OH excluding ortho intramolecular Hbond substituents is 1. The van der Waals surface area contributed by atoms with Crippen LogP contribution >= 0.6 is 0 Å². The second-order valence-electron chi connectivity index (χ2n) is 5.19. The van der Waals surface area contributed by atoms with E-state index in [1.165, 1.54) is 19.2 Å². The summed E-state index contributed by atoms with van der Waals surface area (Å²) in [6, 6.07) is 8.01. The third-order valence-electron chi connectivity index (χ3n) is 3.97. The first-order valence-corrected chi connectivity index (χ1v) is 6.89. The minimum Gasteiger partial charge on any atom is -0.508 e. The smallest absolute Gasteiger partial charge is 0.336 e. The van der Waals surface area contributed by atoms with Gasteiger partial charge in [0.05, 0.1) is 12.7 Å². The standard InChI is InChI=1S/C17H12O6/c1-21-13-5-8(18)4-11-9(13)2-3-10-12(17(19)20)6-14-16(15(10)11)23-7-22-14/h2-6,18H,7H2,1H3,(H,19,20). The number of aromatic carboxylic acids is 1. The first-order chi connectivity index (χ1) is 11.1. The van der Waals surface area contributed by atoms with Crippen LogP contribution in [0.4, 0.5) is 0 Å². The number of fused-ring (bicyclic) bond motifs is 5. The molecule has 0 spiro atoms. The number of hydrogen-bond donors (Lipinski definition) is 2. The lowest BCUT2D eigenvalue weighted by atomic mass is 9.96.